The first-order valence-corrected chi connectivity index (χ1v) is 8.60. The molecular formula is C17H16N4O2S. The van der Waals surface area contributed by atoms with Gasteiger partial charge in [-0.25, -0.2) is 0 Å². The third-order valence-electron chi connectivity index (χ3n) is 4.37. The van der Waals surface area contributed by atoms with Crippen LogP contribution in [0.2, 0.25) is 0 Å². The number of rotatable bonds is 3. The van der Waals surface area contributed by atoms with Gasteiger partial charge in [-0.15, -0.1) is 0 Å². The first-order chi connectivity index (χ1) is 11.6. The van der Waals surface area contributed by atoms with Gasteiger partial charge < -0.3 is 10.3 Å². The van der Waals surface area contributed by atoms with Crippen LogP contribution in [0.3, 0.4) is 0 Å². The van der Waals surface area contributed by atoms with Crippen molar-refractivity contribution in [2.24, 2.45) is 0 Å². The molecule has 1 amide bonds. The van der Waals surface area contributed by atoms with Crippen LogP contribution in [0.4, 0.5) is 0 Å². The number of aryl methyl sites for hydroxylation is 2. The van der Waals surface area contributed by atoms with Gasteiger partial charge in [0.05, 0.1) is 22.9 Å². The van der Waals surface area contributed by atoms with Gasteiger partial charge in [-0.05, 0) is 37.5 Å². The van der Waals surface area contributed by atoms with Crippen molar-refractivity contribution >= 4 is 34.5 Å². The quantitative estimate of drug-likeness (QED) is 0.767. The molecule has 4 rings (SSSR count). The van der Waals surface area contributed by atoms with Gasteiger partial charge in [-0.1, -0.05) is 6.07 Å². The van der Waals surface area contributed by atoms with E-state index in [1.165, 1.54) is 11.7 Å². The van der Waals surface area contributed by atoms with Crippen LogP contribution < -0.4 is 5.32 Å². The van der Waals surface area contributed by atoms with Gasteiger partial charge in [-0.3, -0.25) is 9.59 Å². The van der Waals surface area contributed by atoms with Crippen LogP contribution in [0.5, 0.6) is 0 Å². The van der Waals surface area contributed by atoms with Gasteiger partial charge in [0.2, 0.25) is 0 Å². The van der Waals surface area contributed by atoms with E-state index >= 15 is 0 Å². The lowest BCUT2D eigenvalue weighted by Crippen LogP contribution is -2.25. The van der Waals surface area contributed by atoms with Gasteiger partial charge in [0.15, 0.2) is 5.78 Å². The number of amides is 1. The van der Waals surface area contributed by atoms with E-state index in [2.05, 4.69) is 19.0 Å². The highest BCUT2D eigenvalue weighted by Crippen LogP contribution is 2.26. The standard InChI is InChI=1S/C17H16N4O2S/c1-9-15(16-12(19-9)3-2-4-14(16)22)17(23)18-8-10-5-6-11-13(7-10)21-24-20-11/h5-7,19H,2-4,8H2,1H3,(H,18,23). The molecule has 0 spiro atoms. The molecule has 122 valence electrons. The summed E-state index contributed by atoms with van der Waals surface area (Å²) in [6, 6.07) is 5.74. The molecule has 0 saturated heterocycles. The Labute approximate surface area is 142 Å². The number of H-pyrrole nitrogens is 1. The normalized spacial score (nSPS) is 14.0. The van der Waals surface area contributed by atoms with Crippen molar-refractivity contribution in [3.63, 3.8) is 0 Å². The number of Topliss-reactive ketones (excluding diaryl/α,β-unsaturated/α-hetero) is 1. The number of carbonyl (C=O) groups excluding carboxylic acids is 2. The second-order valence-electron chi connectivity index (χ2n) is 6.03. The van der Waals surface area contributed by atoms with E-state index in [-0.39, 0.29) is 11.7 Å². The SMILES string of the molecule is Cc1[nH]c2c(c1C(=O)NCc1ccc3nsnc3c1)C(=O)CCC2. The highest BCUT2D eigenvalue weighted by Gasteiger charge is 2.28. The topological polar surface area (TPSA) is 87.7 Å². The van der Waals surface area contributed by atoms with Gasteiger partial charge >= 0.3 is 0 Å². The number of hydrogen-bond donors (Lipinski definition) is 2. The summed E-state index contributed by atoms with van der Waals surface area (Å²) in [5, 5.41) is 2.91. The molecule has 0 unspecified atom stereocenters. The molecule has 1 aromatic carbocycles. The van der Waals surface area contributed by atoms with Crippen LogP contribution in [0.15, 0.2) is 18.2 Å². The Morgan fingerprint density at radius 1 is 1.29 bits per heavy atom. The zero-order valence-corrected chi connectivity index (χ0v) is 14.0. The van der Waals surface area contributed by atoms with E-state index in [0.29, 0.717) is 24.1 Å². The molecule has 2 heterocycles. The second-order valence-corrected chi connectivity index (χ2v) is 6.55. The van der Waals surface area contributed by atoms with E-state index < -0.39 is 0 Å². The molecule has 0 bridgehead atoms. The minimum Gasteiger partial charge on any atom is -0.361 e. The smallest absolute Gasteiger partial charge is 0.254 e. The third-order valence-corrected chi connectivity index (χ3v) is 4.93. The highest BCUT2D eigenvalue weighted by molar-refractivity contribution is 7.00. The van der Waals surface area contributed by atoms with E-state index in [1.54, 1.807) is 0 Å². The molecule has 7 heteroatoms. The zero-order valence-electron chi connectivity index (χ0n) is 13.2. The Kier molecular flexibility index (Phi) is 3.65. The Balaban J connectivity index is 1.56. The summed E-state index contributed by atoms with van der Waals surface area (Å²) in [6.07, 6.45) is 2.18. The van der Waals surface area contributed by atoms with Crippen molar-refractivity contribution < 1.29 is 9.59 Å². The fourth-order valence-corrected chi connectivity index (χ4v) is 3.75. The van der Waals surface area contributed by atoms with Crippen molar-refractivity contribution in [3.8, 4) is 0 Å². The maximum Gasteiger partial charge on any atom is 0.254 e. The fourth-order valence-electron chi connectivity index (χ4n) is 3.23. The molecule has 3 aromatic rings. The fraction of sp³-hybridized carbons (Fsp3) is 0.294. The lowest BCUT2D eigenvalue weighted by molar-refractivity contribution is 0.0926. The Hall–Kier alpha value is -2.54. The van der Waals surface area contributed by atoms with Gasteiger partial charge in [-0.2, -0.15) is 8.75 Å². The zero-order chi connectivity index (χ0) is 16.7. The maximum atomic E-state index is 12.6. The minimum absolute atomic E-state index is 0.0562. The van der Waals surface area contributed by atoms with Gasteiger partial charge in [0.1, 0.15) is 11.0 Å². The predicted molar refractivity (Wildman–Crippen MR) is 91.4 cm³/mol. The number of hydrogen-bond acceptors (Lipinski definition) is 5. The Morgan fingerprint density at radius 3 is 3.00 bits per heavy atom. The van der Waals surface area contributed by atoms with E-state index in [1.807, 2.05) is 25.1 Å². The highest BCUT2D eigenvalue weighted by atomic mass is 32.1. The second kappa shape index (κ2) is 5.83. The summed E-state index contributed by atoms with van der Waals surface area (Å²) in [7, 11) is 0. The van der Waals surface area contributed by atoms with Crippen molar-refractivity contribution in [2.45, 2.75) is 32.7 Å². The van der Waals surface area contributed by atoms with Gasteiger partial charge in [0.25, 0.3) is 5.91 Å². The predicted octanol–water partition coefficient (Wildman–Crippen LogP) is 2.78. The third kappa shape index (κ3) is 2.50. The largest absolute Gasteiger partial charge is 0.361 e. The summed E-state index contributed by atoms with van der Waals surface area (Å²) in [5.41, 5.74) is 5.36. The summed E-state index contributed by atoms with van der Waals surface area (Å²) < 4.78 is 8.37. The Morgan fingerprint density at radius 2 is 2.12 bits per heavy atom. The molecule has 1 aliphatic carbocycles. The Bertz CT molecular complexity index is 957. The number of nitrogens with one attached hydrogen (secondary N) is 2. The summed E-state index contributed by atoms with van der Waals surface area (Å²) in [6.45, 7) is 2.23. The van der Waals surface area contributed by atoms with Crippen LogP contribution in [0, 0.1) is 6.92 Å². The molecule has 6 nitrogen and oxygen atoms in total. The molecule has 0 aliphatic heterocycles. The molecular weight excluding hydrogens is 324 g/mol. The molecule has 0 radical (unpaired) electrons. The summed E-state index contributed by atoms with van der Waals surface area (Å²) in [5.74, 6) is -0.155. The molecule has 1 aliphatic rings. The number of fused-ring (bicyclic) bond motifs is 2. The van der Waals surface area contributed by atoms with Crippen molar-refractivity contribution in [2.75, 3.05) is 0 Å². The van der Waals surface area contributed by atoms with Crippen molar-refractivity contribution in [1.82, 2.24) is 19.0 Å². The molecule has 0 fully saturated rings. The monoisotopic (exact) mass is 340 g/mol. The van der Waals surface area contributed by atoms with E-state index in [0.717, 1.165) is 40.8 Å². The van der Waals surface area contributed by atoms with Crippen molar-refractivity contribution in [3.05, 3.63) is 46.3 Å². The summed E-state index contributed by atoms with van der Waals surface area (Å²) in [4.78, 5) is 28.0. The number of aromatic amines is 1. The summed E-state index contributed by atoms with van der Waals surface area (Å²) >= 11 is 1.17. The minimum atomic E-state index is -0.211. The lowest BCUT2D eigenvalue weighted by Gasteiger charge is -2.12. The first-order valence-electron chi connectivity index (χ1n) is 7.87. The van der Waals surface area contributed by atoms with Crippen LogP contribution in [0.1, 0.15) is 50.5 Å². The number of nitrogens with zero attached hydrogens (tertiary/aromatic N) is 2. The molecule has 2 aromatic heterocycles. The van der Waals surface area contributed by atoms with E-state index in [9.17, 15) is 9.59 Å². The van der Waals surface area contributed by atoms with Crippen molar-refractivity contribution in [1.29, 1.82) is 0 Å². The molecule has 0 saturated carbocycles. The number of carbonyl (C=O) groups is 2. The average molecular weight is 340 g/mol. The molecule has 2 N–H and O–H groups in total. The van der Waals surface area contributed by atoms with Gasteiger partial charge in [0, 0.05) is 24.4 Å². The average Bonchev–Trinajstić information content (AvgIpc) is 3.16. The van der Waals surface area contributed by atoms with Crippen LogP contribution in [-0.4, -0.2) is 25.4 Å². The maximum absolute atomic E-state index is 12.6. The van der Waals surface area contributed by atoms with Crippen LogP contribution in [-0.2, 0) is 13.0 Å². The number of ketones is 1. The number of benzene rings is 1. The molecule has 24 heavy (non-hydrogen) atoms. The van der Waals surface area contributed by atoms with Crippen LogP contribution >= 0.6 is 11.7 Å². The van der Waals surface area contributed by atoms with E-state index in [4.69, 9.17) is 0 Å². The first kappa shape index (κ1) is 15.0. The molecule has 0 atom stereocenters. The number of aromatic nitrogens is 3. The van der Waals surface area contributed by atoms with Crippen LogP contribution in [0.25, 0.3) is 11.0 Å². The lowest BCUT2D eigenvalue weighted by atomic mass is 9.93.